The zero-order valence-electron chi connectivity index (χ0n) is 22.2. The van der Waals surface area contributed by atoms with E-state index in [1.165, 1.54) is 10.6 Å². The lowest BCUT2D eigenvalue weighted by atomic mass is 9.98. The van der Waals surface area contributed by atoms with Crippen LogP contribution < -0.4 is 16.2 Å². The number of halogens is 3. The van der Waals surface area contributed by atoms with Crippen LogP contribution in [0.1, 0.15) is 34.7 Å². The number of carbonyl (C=O) groups excluding carboxylic acids is 1. The van der Waals surface area contributed by atoms with Gasteiger partial charge in [0.25, 0.3) is 5.56 Å². The number of rotatable bonds is 6. The smallest absolute Gasteiger partial charge is 0.338 e. The first-order chi connectivity index (χ1) is 19.0. The summed E-state index contributed by atoms with van der Waals surface area (Å²) >= 11 is 0. The number of nitrogens with one attached hydrogen (secondary N) is 2. The summed E-state index contributed by atoms with van der Waals surface area (Å²) in [7, 11) is 0. The average molecular weight is 545 g/mol. The van der Waals surface area contributed by atoms with Gasteiger partial charge in [-0.2, -0.15) is 18.4 Å². The van der Waals surface area contributed by atoms with Crippen molar-refractivity contribution < 1.29 is 18.0 Å². The molecule has 0 radical (unpaired) electrons. The minimum atomic E-state index is -4.89. The molecule has 0 fully saturated rings. The van der Waals surface area contributed by atoms with Gasteiger partial charge in [0.15, 0.2) is 0 Å². The second-order valence-corrected chi connectivity index (χ2v) is 9.40. The van der Waals surface area contributed by atoms with Crippen molar-refractivity contribution in [3.63, 3.8) is 0 Å². The van der Waals surface area contributed by atoms with E-state index in [2.05, 4.69) is 10.6 Å². The first-order valence-electron chi connectivity index (χ1n) is 12.6. The summed E-state index contributed by atoms with van der Waals surface area (Å²) in [5.74, 6) is 0. The number of nitriles is 1. The normalized spacial score (nSPS) is 11.1. The summed E-state index contributed by atoms with van der Waals surface area (Å²) in [5, 5.41) is 14.9. The third kappa shape index (κ3) is 6.07. The minimum absolute atomic E-state index is 0.0106. The van der Waals surface area contributed by atoms with E-state index in [0.29, 0.717) is 28.9 Å². The highest BCUT2D eigenvalue weighted by Gasteiger charge is 2.36. The minimum Gasteiger partial charge on any atom is -0.338 e. The van der Waals surface area contributed by atoms with E-state index in [1.54, 1.807) is 49.4 Å². The fourth-order valence-corrected chi connectivity index (χ4v) is 4.54. The van der Waals surface area contributed by atoms with Crippen LogP contribution in [0.2, 0.25) is 0 Å². The number of anilines is 1. The molecule has 0 unspecified atom stereocenters. The fraction of sp³-hybridized carbons (Fsp3) is 0.194. The first-order valence-corrected chi connectivity index (χ1v) is 12.6. The van der Waals surface area contributed by atoms with Gasteiger partial charge in [0.05, 0.1) is 17.8 Å². The Labute approximate surface area is 229 Å². The van der Waals surface area contributed by atoms with Gasteiger partial charge in [-0.15, -0.1) is 0 Å². The van der Waals surface area contributed by atoms with Crippen molar-refractivity contribution in [2.45, 2.75) is 33.5 Å². The van der Waals surface area contributed by atoms with Crippen molar-refractivity contribution in [1.82, 2.24) is 9.88 Å². The highest BCUT2D eigenvalue weighted by Crippen LogP contribution is 2.35. The van der Waals surface area contributed by atoms with Crippen LogP contribution in [-0.4, -0.2) is 17.1 Å². The Hall–Kier alpha value is -4.84. The number of aromatic nitrogens is 1. The van der Waals surface area contributed by atoms with Crippen molar-refractivity contribution >= 4 is 11.7 Å². The van der Waals surface area contributed by atoms with Crippen LogP contribution in [0.25, 0.3) is 22.4 Å². The molecule has 0 saturated carbocycles. The number of carbonyl (C=O) groups is 1. The van der Waals surface area contributed by atoms with Crippen LogP contribution >= 0.6 is 0 Å². The van der Waals surface area contributed by atoms with Gasteiger partial charge in [-0.05, 0) is 72.9 Å². The van der Waals surface area contributed by atoms with Crippen LogP contribution in [-0.2, 0) is 12.7 Å². The number of urea groups is 1. The molecule has 2 amide bonds. The van der Waals surface area contributed by atoms with Gasteiger partial charge in [0.1, 0.15) is 11.6 Å². The molecule has 0 aliphatic heterocycles. The lowest BCUT2D eigenvalue weighted by molar-refractivity contribution is -0.137. The van der Waals surface area contributed by atoms with Crippen molar-refractivity contribution in [3.05, 3.63) is 111 Å². The summed E-state index contributed by atoms with van der Waals surface area (Å²) in [5.41, 5.74) is 1.74. The number of benzene rings is 3. The number of nitrogens with zero attached hydrogens (tertiary/aromatic N) is 2. The zero-order chi connectivity index (χ0) is 29.0. The average Bonchev–Trinajstić information content (AvgIpc) is 2.90. The second-order valence-electron chi connectivity index (χ2n) is 9.40. The second kappa shape index (κ2) is 11.5. The Morgan fingerprint density at radius 3 is 2.27 bits per heavy atom. The molecule has 0 aliphatic rings. The van der Waals surface area contributed by atoms with Gasteiger partial charge >= 0.3 is 12.2 Å². The number of alkyl halides is 3. The fourth-order valence-electron chi connectivity index (χ4n) is 4.54. The summed E-state index contributed by atoms with van der Waals surface area (Å²) in [6.45, 7) is 6.04. The molecule has 4 rings (SSSR count). The molecular formula is C31H27F3N4O2. The van der Waals surface area contributed by atoms with Crippen molar-refractivity contribution in [2.75, 3.05) is 11.9 Å². The molecule has 6 nitrogen and oxygen atoms in total. The maximum absolute atomic E-state index is 14.0. The highest BCUT2D eigenvalue weighted by molar-refractivity contribution is 5.90. The third-order valence-corrected chi connectivity index (χ3v) is 6.49. The Balaban J connectivity index is 1.88. The lowest BCUT2D eigenvalue weighted by Crippen LogP contribution is -2.29. The summed E-state index contributed by atoms with van der Waals surface area (Å²) in [6.07, 6.45) is -4.89. The van der Waals surface area contributed by atoms with Crippen LogP contribution in [0.5, 0.6) is 0 Å². The van der Waals surface area contributed by atoms with E-state index in [1.807, 2.05) is 38.1 Å². The number of hydrogen-bond acceptors (Lipinski definition) is 3. The van der Waals surface area contributed by atoms with Crippen LogP contribution in [0.3, 0.4) is 0 Å². The number of pyridine rings is 1. The maximum Gasteiger partial charge on any atom is 0.417 e. The largest absolute Gasteiger partial charge is 0.417 e. The molecule has 2 N–H and O–H groups in total. The highest BCUT2D eigenvalue weighted by atomic mass is 19.4. The Kier molecular flexibility index (Phi) is 8.10. The molecule has 0 aliphatic carbocycles. The Morgan fingerprint density at radius 2 is 1.62 bits per heavy atom. The molecule has 40 heavy (non-hydrogen) atoms. The van der Waals surface area contributed by atoms with Gasteiger partial charge < -0.3 is 15.2 Å². The molecule has 0 bridgehead atoms. The summed E-state index contributed by atoms with van der Waals surface area (Å²) < 4.78 is 43.2. The van der Waals surface area contributed by atoms with Crippen LogP contribution in [0.4, 0.5) is 23.7 Å². The summed E-state index contributed by atoms with van der Waals surface area (Å²) in [4.78, 5) is 25.4. The molecule has 1 aromatic heterocycles. The van der Waals surface area contributed by atoms with Gasteiger partial charge in [0, 0.05) is 12.2 Å². The van der Waals surface area contributed by atoms with Gasteiger partial charge in [-0.1, -0.05) is 54.1 Å². The predicted molar refractivity (Wildman–Crippen MR) is 149 cm³/mol. The molecule has 204 valence electrons. The van der Waals surface area contributed by atoms with Crippen LogP contribution in [0, 0.1) is 25.2 Å². The number of aryl methyl sites for hydroxylation is 2. The van der Waals surface area contributed by atoms with E-state index in [0.717, 1.165) is 22.8 Å². The molecule has 0 spiro atoms. The molecule has 4 aromatic rings. The molecule has 0 atom stereocenters. The summed E-state index contributed by atoms with van der Waals surface area (Å²) in [6, 6.07) is 21.4. The molecular weight excluding hydrogens is 517 g/mol. The van der Waals surface area contributed by atoms with Gasteiger partial charge in [0.2, 0.25) is 0 Å². The van der Waals surface area contributed by atoms with Crippen molar-refractivity contribution in [3.8, 4) is 28.5 Å². The van der Waals surface area contributed by atoms with E-state index in [4.69, 9.17) is 0 Å². The van der Waals surface area contributed by atoms with Crippen molar-refractivity contribution in [1.29, 1.82) is 5.26 Å². The molecule has 0 saturated heterocycles. The molecule has 1 heterocycles. The third-order valence-electron chi connectivity index (χ3n) is 6.49. The predicted octanol–water partition coefficient (Wildman–Crippen LogP) is 6.88. The Morgan fingerprint density at radius 1 is 0.950 bits per heavy atom. The van der Waals surface area contributed by atoms with Gasteiger partial charge in [-0.3, -0.25) is 4.79 Å². The van der Waals surface area contributed by atoms with E-state index in [9.17, 15) is 28.0 Å². The zero-order valence-corrected chi connectivity index (χ0v) is 22.2. The van der Waals surface area contributed by atoms with E-state index >= 15 is 0 Å². The monoisotopic (exact) mass is 544 g/mol. The van der Waals surface area contributed by atoms with Crippen LogP contribution in [0.15, 0.2) is 77.6 Å². The standard InChI is InChI=1S/C31H27F3N4O2/c1-4-36-30(40)37-25-10-6-8-22(15-25)21-7-5-9-23(14-21)28-16-27(31(32,33)34)26(17-35)29(39)38(28)18-24-12-11-19(2)13-20(24)3/h5-16H,4,18H2,1-3H3,(H2,36,37,40). The number of amides is 2. The van der Waals surface area contributed by atoms with E-state index < -0.39 is 22.9 Å². The molecule has 3 aromatic carbocycles. The Bertz CT molecular complexity index is 1680. The number of hydrogen-bond donors (Lipinski definition) is 2. The van der Waals surface area contributed by atoms with Gasteiger partial charge in [-0.25, -0.2) is 4.79 Å². The quantitative estimate of drug-likeness (QED) is 0.277. The van der Waals surface area contributed by atoms with Crippen molar-refractivity contribution in [2.24, 2.45) is 0 Å². The SMILES string of the molecule is CCNC(=O)Nc1cccc(-c2cccc(-c3cc(C(F)(F)F)c(C#N)c(=O)n3Cc3ccc(C)cc3C)c2)c1. The topological polar surface area (TPSA) is 86.9 Å². The molecule has 9 heteroatoms. The lowest BCUT2D eigenvalue weighted by Gasteiger charge is -2.19. The first kappa shape index (κ1) is 28.2. The maximum atomic E-state index is 14.0. The van der Waals surface area contributed by atoms with E-state index in [-0.39, 0.29) is 18.3 Å².